The Morgan fingerprint density at radius 3 is 2.16 bits per heavy atom. The number of Topliss-reactive ketones (excluding diaryl/α,β-unsaturated/α-hetero) is 1. The summed E-state index contributed by atoms with van der Waals surface area (Å²) in [6.45, 7) is 20.0. The van der Waals surface area contributed by atoms with Gasteiger partial charge in [-0.3, -0.25) is 4.79 Å². The van der Waals surface area contributed by atoms with Crippen LogP contribution in [-0.2, 0) is 4.79 Å². The monoisotopic (exact) mass is 428 g/mol. The maximum atomic E-state index is 13.5. The van der Waals surface area contributed by atoms with Crippen LogP contribution in [-0.4, -0.2) is 5.78 Å². The SMILES string of the molecule is CC(C)CCCC(C)C1CCC2(C)C3CCC4C(C)(C)CCC(=O)C4(C)C3CCC12C. The standard InChI is InChI=1S/C30H52O/c1-20(2)10-9-11-21(3)22-14-18-29(7)23-12-13-25-27(4,5)17-16-26(31)30(25,8)24(23)15-19-28(22,29)6/h20-25H,9-19H2,1-8H3. The predicted molar refractivity (Wildman–Crippen MR) is 132 cm³/mol. The molecule has 1 heteroatoms. The number of rotatable bonds is 5. The summed E-state index contributed by atoms with van der Waals surface area (Å²) in [6.07, 6.45) is 14.3. The molecular formula is C30H52O. The Morgan fingerprint density at radius 1 is 0.806 bits per heavy atom. The minimum atomic E-state index is -0.0595. The maximum Gasteiger partial charge on any atom is 0.139 e. The summed E-state index contributed by atoms with van der Waals surface area (Å²) < 4.78 is 0. The lowest BCUT2D eigenvalue weighted by atomic mass is 9.38. The Morgan fingerprint density at radius 2 is 1.48 bits per heavy atom. The molecule has 4 fully saturated rings. The van der Waals surface area contributed by atoms with Gasteiger partial charge in [0.15, 0.2) is 0 Å². The van der Waals surface area contributed by atoms with Gasteiger partial charge in [-0.1, -0.05) is 74.7 Å². The Labute approximate surface area is 193 Å². The van der Waals surface area contributed by atoms with Gasteiger partial charge in [0.2, 0.25) is 0 Å². The first-order valence-electron chi connectivity index (χ1n) is 13.9. The van der Waals surface area contributed by atoms with Crippen LogP contribution in [0, 0.1) is 57.2 Å². The smallest absolute Gasteiger partial charge is 0.139 e. The van der Waals surface area contributed by atoms with Gasteiger partial charge in [-0.15, -0.1) is 0 Å². The quantitative estimate of drug-likeness (QED) is 0.428. The van der Waals surface area contributed by atoms with Crippen LogP contribution in [0.1, 0.15) is 126 Å². The van der Waals surface area contributed by atoms with E-state index in [2.05, 4.69) is 55.4 Å². The van der Waals surface area contributed by atoms with Crippen LogP contribution in [0.2, 0.25) is 0 Å². The Balaban J connectivity index is 1.59. The van der Waals surface area contributed by atoms with Crippen LogP contribution in [0.25, 0.3) is 0 Å². The average Bonchev–Trinajstić information content (AvgIpc) is 2.96. The molecule has 0 radical (unpaired) electrons. The van der Waals surface area contributed by atoms with E-state index >= 15 is 0 Å². The van der Waals surface area contributed by atoms with Crippen molar-refractivity contribution in [2.45, 2.75) is 126 Å². The molecule has 8 unspecified atom stereocenters. The van der Waals surface area contributed by atoms with Crippen molar-refractivity contribution in [3.05, 3.63) is 0 Å². The molecule has 0 saturated heterocycles. The molecule has 4 aliphatic carbocycles. The van der Waals surface area contributed by atoms with E-state index in [1.54, 1.807) is 0 Å². The molecule has 31 heavy (non-hydrogen) atoms. The number of carbonyl (C=O) groups is 1. The van der Waals surface area contributed by atoms with Gasteiger partial charge in [0, 0.05) is 11.8 Å². The summed E-state index contributed by atoms with van der Waals surface area (Å²) in [5.74, 6) is 5.18. The molecule has 4 saturated carbocycles. The lowest BCUT2D eigenvalue weighted by molar-refractivity contribution is -0.185. The minimum absolute atomic E-state index is 0.0595. The summed E-state index contributed by atoms with van der Waals surface area (Å²) in [5, 5.41) is 0. The van der Waals surface area contributed by atoms with E-state index in [1.807, 2.05) is 0 Å². The predicted octanol–water partition coefficient (Wildman–Crippen LogP) is 8.70. The highest BCUT2D eigenvalue weighted by molar-refractivity contribution is 5.86. The number of hydrogen-bond acceptors (Lipinski definition) is 1. The van der Waals surface area contributed by atoms with Crippen LogP contribution in [0.5, 0.6) is 0 Å². The summed E-state index contributed by atoms with van der Waals surface area (Å²) in [6, 6.07) is 0. The molecule has 4 aliphatic rings. The molecule has 0 aromatic rings. The van der Waals surface area contributed by atoms with Crippen molar-refractivity contribution in [3.63, 3.8) is 0 Å². The Hall–Kier alpha value is -0.330. The van der Waals surface area contributed by atoms with Crippen molar-refractivity contribution < 1.29 is 4.79 Å². The van der Waals surface area contributed by atoms with Crippen molar-refractivity contribution in [1.29, 1.82) is 0 Å². The van der Waals surface area contributed by atoms with E-state index in [9.17, 15) is 4.79 Å². The molecule has 1 nitrogen and oxygen atoms in total. The van der Waals surface area contributed by atoms with E-state index in [4.69, 9.17) is 0 Å². The second-order valence-corrected chi connectivity index (χ2v) is 14.4. The number of fused-ring (bicyclic) bond motifs is 5. The van der Waals surface area contributed by atoms with E-state index in [0.717, 1.165) is 36.5 Å². The third-order valence-corrected chi connectivity index (χ3v) is 12.3. The molecule has 8 atom stereocenters. The molecule has 0 bridgehead atoms. The molecular weight excluding hydrogens is 376 g/mol. The van der Waals surface area contributed by atoms with Gasteiger partial charge in [0.25, 0.3) is 0 Å². The molecule has 0 amide bonds. The first-order valence-corrected chi connectivity index (χ1v) is 13.9. The van der Waals surface area contributed by atoms with Crippen molar-refractivity contribution >= 4 is 5.78 Å². The van der Waals surface area contributed by atoms with E-state index in [-0.39, 0.29) is 5.41 Å². The summed E-state index contributed by atoms with van der Waals surface area (Å²) in [7, 11) is 0. The Bertz CT molecular complexity index is 691. The van der Waals surface area contributed by atoms with Gasteiger partial charge < -0.3 is 0 Å². The second kappa shape index (κ2) is 7.87. The second-order valence-electron chi connectivity index (χ2n) is 14.4. The van der Waals surface area contributed by atoms with Crippen molar-refractivity contribution in [2.75, 3.05) is 0 Å². The molecule has 178 valence electrons. The number of hydrogen-bond donors (Lipinski definition) is 0. The average molecular weight is 429 g/mol. The lowest BCUT2D eigenvalue weighted by Gasteiger charge is -2.66. The fourth-order valence-electron chi connectivity index (χ4n) is 10.2. The fourth-order valence-corrected chi connectivity index (χ4v) is 10.2. The third-order valence-electron chi connectivity index (χ3n) is 12.3. The maximum absolute atomic E-state index is 13.5. The van der Waals surface area contributed by atoms with Gasteiger partial charge in [0.05, 0.1) is 0 Å². The van der Waals surface area contributed by atoms with E-state index in [0.29, 0.717) is 33.9 Å². The van der Waals surface area contributed by atoms with Gasteiger partial charge >= 0.3 is 0 Å². The van der Waals surface area contributed by atoms with Crippen LogP contribution in [0.3, 0.4) is 0 Å². The highest BCUT2D eigenvalue weighted by Crippen LogP contribution is 2.74. The summed E-state index contributed by atoms with van der Waals surface area (Å²) in [4.78, 5) is 13.5. The van der Waals surface area contributed by atoms with Crippen LogP contribution < -0.4 is 0 Å². The molecule has 0 aliphatic heterocycles. The first kappa shape index (κ1) is 23.8. The molecule has 0 heterocycles. The lowest BCUT2D eigenvalue weighted by Crippen LogP contribution is -2.62. The normalized spacial score (nSPS) is 47.6. The number of carbonyl (C=O) groups excluding carboxylic acids is 1. The molecule has 0 N–H and O–H groups in total. The van der Waals surface area contributed by atoms with Crippen LogP contribution in [0.15, 0.2) is 0 Å². The summed E-state index contributed by atoms with van der Waals surface area (Å²) >= 11 is 0. The third kappa shape index (κ3) is 3.41. The first-order chi connectivity index (χ1) is 14.4. The largest absolute Gasteiger partial charge is 0.299 e. The van der Waals surface area contributed by atoms with Crippen molar-refractivity contribution in [1.82, 2.24) is 0 Å². The molecule has 0 aromatic carbocycles. The summed E-state index contributed by atoms with van der Waals surface area (Å²) in [5.41, 5.74) is 1.18. The highest BCUT2D eigenvalue weighted by atomic mass is 16.1. The zero-order valence-electron chi connectivity index (χ0n) is 22.2. The zero-order valence-corrected chi connectivity index (χ0v) is 22.2. The number of ketones is 1. The minimum Gasteiger partial charge on any atom is -0.299 e. The Kier molecular flexibility index (Phi) is 6.05. The van der Waals surface area contributed by atoms with E-state index in [1.165, 1.54) is 57.8 Å². The van der Waals surface area contributed by atoms with Gasteiger partial charge in [-0.2, -0.15) is 0 Å². The fraction of sp³-hybridized carbons (Fsp3) is 0.967. The van der Waals surface area contributed by atoms with Gasteiger partial charge in [-0.25, -0.2) is 0 Å². The topological polar surface area (TPSA) is 17.1 Å². The van der Waals surface area contributed by atoms with Crippen LogP contribution >= 0.6 is 0 Å². The van der Waals surface area contributed by atoms with Crippen molar-refractivity contribution in [3.8, 4) is 0 Å². The van der Waals surface area contributed by atoms with Gasteiger partial charge in [-0.05, 0) is 96.7 Å². The molecule has 4 rings (SSSR count). The molecule has 0 aromatic heterocycles. The zero-order chi connectivity index (χ0) is 22.8. The highest BCUT2D eigenvalue weighted by Gasteiger charge is 2.68. The van der Waals surface area contributed by atoms with Gasteiger partial charge in [0.1, 0.15) is 5.78 Å². The van der Waals surface area contributed by atoms with E-state index < -0.39 is 0 Å². The van der Waals surface area contributed by atoms with Crippen molar-refractivity contribution in [2.24, 2.45) is 57.2 Å². The van der Waals surface area contributed by atoms with Crippen LogP contribution in [0.4, 0.5) is 0 Å². The molecule has 0 spiro atoms.